The Morgan fingerprint density at radius 2 is 1.71 bits per heavy atom. The van der Waals surface area contributed by atoms with Crippen LogP contribution in [0.2, 0.25) is 0 Å². The van der Waals surface area contributed by atoms with Crippen LogP contribution in [0, 0.1) is 0 Å². The molecule has 1 aliphatic heterocycles. The Morgan fingerprint density at radius 1 is 1.00 bits per heavy atom. The van der Waals surface area contributed by atoms with E-state index in [1.54, 1.807) is 0 Å². The van der Waals surface area contributed by atoms with Gasteiger partial charge in [-0.15, -0.1) is 0 Å². The quantitative estimate of drug-likeness (QED) is 0.769. The van der Waals surface area contributed by atoms with Gasteiger partial charge in [-0.1, -0.05) is 54.2 Å². The summed E-state index contributed by atoms with van der Waals surface area (Å²) < 4.78 is 5.54. The minimum atomic E-state index is 0.701. The first kappa shape index (κ1) is 16.9. The van der Waals surface area contributed by atoms with Gasteiger partial charge in [0.25, 0.3) is 0 Å². The second-order valence-electron chi connectivity index (χ2n) is 5.78. The molecule has 0 spiro atoms. The molecule has 0 N–H and O–H groups in total. The lowest BCUT2D eigenvalue weighted by Crippen LogP contribution is -2.30. The van der Waals surface area contributed by atoms with Crippen LogP contribution in [-0.4, -0.2) is 29.0 Å². The third-order valence-corrected chi connectivity index (χ3v) is 5.01. The molecule has 3 rings (SSSR count). The summed E-state index contributed by atoms with van der Waals surface area (Å²) >= 11 is 1.87. The van der Waals surface area contributed by atoms with E-state index >= 15 is 0 Å². The Morgan fingerprint density at radius 3 is 2.33 bits per heavy atom. The molecule has 0 aromatic heterocycles. The fourth-order valence-corrected chi connectivity index (χ4v) is 3.66. The molecule has 0 fully saturated rings. The number of aliphatic imine (C=N–C) groups is 1. The van der Waals surface area contributed by atoms with E-state index in [4.69, 9.17) is 9.73 Å². The van der Waals surface area contributed by atoms with Crippen molar-refractivity contribution in [3.05, 3.63) is 65.7 Å². The van der Waals surface area contributed by atoms with Crippen LogP contribution in [0.15, 0.2) is 59.6 Å². The molecule has 0 aliphatic carbocycles. The van der Waals surface area contributed by atoms with Gasteiger partial charge in [-0.3, -0.25) is 4.99 Å². The van der Waals surface area contributed by atoms with Gasteiger partial charge in [0.15, 0.2) is 5.17 Å². The Labute approximate surface area is 148 Å². The summed E-state index contributed by atoms with van der Waals surface area (Å²) in [6, 6.07) is 19.0. The van der Waals surface area contributed by atoms with Crippen molar-refractivity contribution in [3.8, 4) is 5.75 Å². The second kappa shape index (κ2) is 8.78. The largest absolute Gasteiger partial charge is 0.494 e. The summed E-state index contributed by atoms with van der Waals surface area (Å²) in [6.07, 6.45) is 1.18. The molecule has 2 aromatic rings. The zero-order chi connectivity index (χ0) is 16.6. The van der Waals surface area contributed by atoms with Crippen LogP contribution in [0.4, 0.5) is 0 Å². The first-order valence-corrected chi connectivity index (χ1v) is 9.51. The number of hydrogen-bond acceptors (Lipinski definition) is 4. The van der Waals surface area contributed by atoms with Gasteiger partial charge in [0.1, 0.15) is 5.75 Å². The van der Waals surface area contributed by atoms with Crippen molar-refractivity contribution in [3.63, 3.8) is 0 Å². The average Bonchev–Trinajstić information content (AvgIpc) is 2.65. The predicted octanol–water partition coefficient (Wildman–Crippen LogP) is 4.58. The van der Waals surface area contributed by atoms with Gasteiger partial charge < -0.3 is 9.64 Å². The van der Waals surface area contributed by atoms with E-state index < -0.39 is 0 Å². The second-order valence-corrected chi connectivity index (χ2v) is 6.85. The Kier molecular flexibility index (Phi) is 6.19. The molecular weight excluding hydrogens is 316 g/mol. The fraction of sp³-hybridized carbons (Fsp3) is 0.350. The molecule has 0 amide bonds. The Balaban J connectivity index is 1.75. The lowest BCUT2D eigenvalue weighted by atomic mass is 10.1. The zero-order valence-corrected chi connectivity index (χ0v) is 15.0. The summed E-state index contributed by atoms with van der Waals surface area (Å²) in [6.45, 7) is 5.41. The van der Waals surface area contributed by atoms with Gasteiger partial charge in [-0.05, 0) is 36.6 Å². The lowest BCUT2D eigenvalue weighted by molar-refractivity contribution is 0.340. The number of benzene rings is 2. The van der Waals surface area contributed by atoms with E-state index in [9.17, 15) is 0 Å². The topological polar surface area (TPSA) is 24.8 Å². The Hall–Kier alpha value is -1.94. The number of nitrogens with zero attached hydrogens (tertiary/aromatic N) is 2. The van der Waals surface area contributed by atoms with E-state index in [2.05, 4.69) is 59.5 Å². The number of ether oxygens (including phenoxy) is 1. The number of amidine groups is 1. The van der Waals surface area contributed by atoms with Crippen molar-refractivity contribution in [2.24, 2.45) is 4.99 Å². The summed E-state index contributed by atoms with van der Waals surface area (Å²) in [4.78, 5) is 7.13. The van der Waals surface area contributed by atoms with Gasteiger partial charge >= 0.3 is 0 Å². The molecule has 4 heteroatoms. The van der Waals surface area contributed by atoms with Gasteiger partial charge in [0, 0.05) is 25.4 Å². The number of thioether (sulfide) groups is 1. The molecule has 0 radical (unpaired) electrons. The first-order valence-electron chi connectivity index (χ1n) is 8.53. The standard InChI is InChI=1S/C20H24N2OS/c1-2-23-19-11-9-18(10-12-19)16-22(20-21-13-6-14-24-20)15-17-7-4-3-5-8-17/h3-5,7-12H,2,6,13-16H2,1H3. The molecule has 0 saturated heterocycles. The maximum absolute atomic E-state index is 5.54. The smallest absolute Gasteiger partial charge is 0.159 e. The van der Waals surface area contributed by atoms with Crippen LogP contribution in [0.25, 0.3) is 0 Å². The highest BCUT2D eigenvalue weighted by molar-refractivity contribution is 8.13. The SMILES string of the molecule is CCOc1ccc(CN(Cc2ccccc2)C2=NCCCS2)cc1. The number of rotatable bonds is 6. The third-order valence-electron chi connectivity index (χ3n) is 3.88. The summed E-state index contributed by atoms with van der Waals surface area (Å²) in [5.74, 6) is 2.09. The minimum absolute atomic E-state index is 0.701. The fourth-order valence-electron chi connectivity index (χ4n) is 2.71. The molecule has 0 saturated carbocycles. The van der Waals surface area contributed by atoms with Crippen molar-refractivity contribution in [1.29, 1.82) is 0 Å². The van der Waals surface area contributed by atoms with E-state index in [1.165, 1.54) is 22.7 Å². The molecule has 1 heterocycles. The van der Waals surface area contributed by atoms with E-state index in [0.717, 1.165) is 31.1 Å². The highest BCUT2D eigenvalue weighted by atomic mass is 32.2. The van der Waals surface area contributed by atoms with Crippen molar-refractivity contribution >= 4 is 16.9 Å². The van der Waals surface area contributed by atoms with Crippen LogP contribution in [0.5, 0.6) is 5.75 Å². The monoisotopic (exact) mass is 340 g/mol. The minimum Gasteiger partial charge on any atom is -0.494 e. The van der Waals surface area contributed by atoms with Gasteiger partial charge in [-0.2, -0.15) is 0 Å². The molecule has 1 aliphatic rings. The van der Waals surface area contributed by atoms with Crippen molar-refractivity contribution < 1.29 is 4.74 Å². The maximum Gasteiger partial charge on any atom is 0.159 e. The van der Waals surface area contributed by atoms with Crippen LogP contribution >= 0.6 is 11.8 Å². The zero-order valence-electron chi connectivity index (χ0n) is 14.1. The summed E-state index contributed by atoms with van der Waals surface area (Å²) in [5, 5.41) is 1.17. The maximum atomic E-state index is 5.54. The predicted molar refractivity (Wildman–Crippen MR) is 103 cm³/mol. The molecule has 0 unspecified atom stereocenters. The van der Waals surface area contributed by atoms with Crippen LogP contribution in [0.1, 0.15) is 24.5 Å². The van der Waals surface area contributed by atoms with Crippen molar-refractivity contribution in [2.45, 2.75) is 26.4 Å². The molecule has 2 aromatic carbocycles. The van der Waals surface area contributed by atoms with E-state index in [0.29, 0.717) is 6.61 Å². The van der Waals surface area contributed by atoms with Crippen molar-refractivity contribution in [1.82, 2.24) is 4.90 Å². The summed E-state index contributed by atoms with van der Waals surface area (Å²) in [5.41, 5.74) is 2.60. The molecule has 3 nitrogen and oxygen atoms in total. The summed E-state index contributed by atoms with van der Waals surface area (Å²) in [7, 11) is 0. The molecular formula is C20H24N2OS. The van der Waals surface area contributed by atoms with Gasteiger partial charge in [0.2, 0.25) is 0 Å². The third kappa shape index (κ3) is 4.78. The molecule has 0 bridgehead atoms. The highest BCUT2D eigenvalue weighted by Gasteiger charge is 2.16. The van der Waals surface area contributed by atoms with Crippen LogP contribution in [0.3, 0.4) is 0 Å². The molecule has 24 heavy (non-hydrogen) atoms. The number of hydrogen-bond donors (Lipinski definition) is 0. The van der Waals surface area contributed by atoms with Gasteiger partial charge in [0.05, 0.1) is 6.61 Å². The van der Waals surface area contributed by atoms with E-state index in [-0.39, 0.29) is 0 Å². The molecule has 0 atom stereocenters. The van der Waals surface area contributed by atoms with Crippen LogP contribution < -0.4 is 4.74 Å². The van der Waals surface area contributed by atoms with Gasteiger partial charge in [-0.25, -0.2) is 0 Å². The lowest BCUT2D eigenvalue weighted by Gasteiger charge is -2.28. The van der Waals surface area contributed by atoms with E-state index in [1.807, 2.05) is 18.7 Å². The normalized spacial score (nSPS) is 14.1. The van der Waals surface area contributed by atoms with Crippen LogP contribution in [-0.2, 0) is 13.1 Å². The van der Waals surface area contributed by atoms with Crippen molar-refractivity contribution in [2.75, 3.05) is 18.9 Å². The molecule has 126 valence electrons. The average molecular weight is 340 g/mol. The first-order chi connectivity index (χ1) is 11.8. The highest BCUT2D eigenvalue weighted by Crippen LogP contribution is 2.21. The Bertz CT molecular complexity index is 655.